The lowest BCUT2D eigenvalue weighted by atomic mass is 10.2. The van der Waals surface area contributed by atoms with Gasteiger partial charge in [0.1, 0.15) is 7.11 Å². The smallest absolute Gasteiger partial charge is 0.106 e. The Morgan fingerprint density at radius 1 is 1.88 bits per heavy atom. The Bertz CT molecular complexity index is 114. The zero-order chi connectivity index (χ0) is 6.41. The molecule has 0 aromatic carbocycles. The molecule has 0 radical (unpaired) electrons. The maximum absolute atomic E-state index is 8.16. The number of rotatable bonds is 2. The molecule has 1 unspecified atom stereocenters. The van der Waals surface area contributed by atoms with Gasteiger partial charge in [0.15, 0.2) is 0 Å². The van der Waals surface area contributed by atoms with Gasteiger partial charge < -0.3 is 4.84 Å². The molecule has 3 nitrogen and oxygen atoms in total. The summed E-state index contributed by atoms with van der Waals surface area (Å²) in [5.74, 6) is -0.157. The molecule has 0 bridgehead atoms. The molecule has 3 heteroatoms. The second-order valence-corrected chi connectivity index (χ2v) is 1.35. The van der Waals surface area contributed by atoms with Gasteiger partial charge in [0.05, 0.1) is 18.2 Å². The molecule has 0 heterocycles. The summed E-state index contributed by atoms with van der Waals surface area (Å²) in [7, 11) is 1.45. The molecule has 0 aliphatic heterocycles. The van der Waals surface area contributed by atoms with Gasteiger partial charge in [-0.15, -0.1) is 0 Å². The highest BCUT2D eigenvalue weighted by Crippen LogP contribution is 1.84. The second-order valence-electron chi connectivity index (χ2n) is 1.35. The summed E-state index contributed by atoms with van der Waals surface area (Å²) in [5.41, 5.74) is 0. The number of hydrogen-bond acceptors (Lipinski definition) is 3. The van der Waals surface area contributed by atoms with Crippen molar-refractivity contribution >= 4 is 6.21 Å². The summed E-state index contributed by atoms with van der Waals surface area (Å²) < 4.78 is 0. The van der Waals surface area contributed by atoms with E-state index in [-0.39, 0.29) is 5.92 Å². The minimum atomic E-state index is -0.157. The molecule has 0 spiro atoms. The van der Waals surface area contributed by atoms with Crippen molar-refractivity contribution in [2.45, 2.75) is 6.92 Å². The van der Waals surface area contributed by atoms with Crippen molar-refractivity contribution in [2.75, 3.05) is 7.11 Å². The number of oxime groups is 1. The van der Waals surface area contributed by atoms with Crippen molar-refractivity contribution in [3.05, 3.63) is 0 Å². The molecule has 0 aliphatic rings. The summed E-state index contributed by atoms with van der Waals surface area (Å²) in [6.07, 6.45) is 1.44. The van der Waals surface area contributed by atoms with E-state index in [2.05, 4.69) is 9.99 Å². The third kappa shape index (κ3) is 3.16. The number of nitrogens with zero attached hydrogens (tertiary/aromatic N) is 2. The summed E-state index contributed by atoms with van der Waals surface area (Å²) in [4.78, 5) is 4.33. The third-order valence-electron chi connectivity index (χ3n) is 0.594. The predicted molar refractivity (Wildman–Crippen MR) is 30.3 cm³/mol. The minimum Gasteiger partial charge on any atom is -0.399 e. The first kappa shape index (κ1) is 6.96. The average molecular weight is 112 g/mol. The third-order valence-corrected chi connectivity index (χ3v) is 0.594. The fraction of sp³-hybridized carbons (Fsp3) is 0.600. The Balaban J connectivity index is 3.40. The Morgan fingerprint density at radius 3 is 2.88 bits per heavy atom. The van der Waals surface area contributed by atoms with E-state index in [1.165, 1.54) is 13.3 Å². The van der Waals surface area contributed by atoms with Gasteiger partial charge in [0, 0.05) is 0 Å². The Kier molecular flexibility index (Phi) is 3.59. The van der Waals surface area contributed by atoms with Crippen LogP contribution in [0.25, 0.3) is 0 Å². The van der Waals surface area contributed by atoms with Crippen molar-refractivity contribution < 1.29 is 4.84 Å². The Hall–Kier alpha value is -1.04. The van der Waals surface area contributed by atoms with Gasteiger partial charge >= 0.3 is 0 Å². The van der Waals surface area contributed by atoms with Crippen LogP contribution in [-0.2, 0) is 4.84 Å². The van der Waals surface area contributed by atoms with E-state index in [1.54, 1.807) is 6.92 Å². The normalized spacial score (nSPS) is 13.1. The van der Waals surface area contributed by atoms with E-state index in [4.69, 9.17) is 5.26 Å². The summed E-state index contributed by atoms with van der Waals surface area (Å²) in [6, 6.07) is 1.97. The van der Waals surface area contributed by atoms with E-state index >= 15 is 0 Å². The lowest BCUT2D eigenvalue weighted by molar-refractivity contribution is 0.214. The fourth-order valence-electron chi connectivity index (χ4n) is 0.185. The summed E-state index contributed by atoms with van der Waals surface area (Å²) in [6.45, 7) is 1.74. The van der Waals surface area contributed by atoms with Gasteiger partial charge in [-0.25, -0.2) is 0 Å². The van der Waals surface area contributed by atoms with Crippen molar-refractivity contribution in [1.29, 1.82) is 5.26 Å². The van der Waals surface area contributed by atoms with Crippen LogP contribution in [0.5, 0.6) is 0 Å². The zero-order valence-electron chi connectivity index (χ0n) is 4.96. The average Bonchev–Trinajstić information content (AvgIpc) is 1.83. The molecule has 0 saturated carbocycles. The molecule has 44 valence electrons. The molecule has 0 aromatic rings. The van der Waals surface area contributed by atoms with E-state index in [1.807, 2.05) is 6.07 Å². The molecular formula is C5H8N2O. The van der Waals surface area contributed by atoms with Gasteiger partial charge in [0.25, 0.3) is 0 Å². The van der Waals surface area contributed by atoms with Crippen molar-refractivity contribution in [3.8, 4) is 6.07 Å². The largest absolute Gasteiger partial charge is 0.399 e. The zero-order valence-corrected chi connectivity index (χ0v) is 4.96. The molecule has 0 fully saturated rings. The number of hydrogen-bond donors (Lipinski definition) is 0. The summed E-state index contributed by atoms with van der Waals surface area (Å²) in [5, 5.41) is 11.6. The van der Waals surface area contributed by atoms with Crippen LogP contribution in [-0.4, -0.2) is 13.3 Å². The molecule has 1 atom stereocenters. The van der Waals surface area contributed by atoms with Crippen LogP contribution in [0.15, 0.2) is 5.16 Å². The van der Waals surface area contributed by atoms with E-state index in [0.717, 1.165) is 0 Å². The molecule has 0 aromatic heterocycles. The standard InChI is InChI=1S/C5H8N2O/c1-5(3-6)4-7-8-2/h4-5H,1-2H3/b7-4+. The van der Waals surface area contributed by atoms with Gasteiger partial charge in [-0.1, -0.05) is 5.16 Å². The monoisotopic (exact) mass is 112 g/mol. The SMILES string of the molecule is CO/N=C/C(C)C#N. The molecule has 0 saturated heterocycles. The van der Waals surface area contributed by atoms with Crippen LogP contribution >= 0.6 is 0 Å². The van der Waals surface area contributed by atoms with E-state index in [0.29, 0.717) is 0 Å². The maximum atomic E-state index is 8.16. The van der Waals surface area contributed by atoms with Crippen LogP contribution in [0.1, 0.15) is 6.92 Å². The van der Waals surface area contributed by atoms with Gasteiger partial charge in [-0.05, 0) is 6.92 Å². The quantitative estimate of drug-likeness (QED) is 0.391. The van der Waals surface area contributed by atoms with Crippen molar-refractivity contribution in [1.82, 2.24) is 0 Å². The van der Waals surface area contributed by atoms with Gasteiger partial charge in [0.2, 0.25) is 0 Å². The highest BCUT2D eigenvalue weighted by molar-refractivity contribution is 5.62. The maximum Gasteiger partial charge on any atom is 0.106 e. The molecule has 0 aliphatic carbocycles. The minimum absolute atomic E-state index is 0.157. The van der Waals surface area contributed by atoms with Crippen molar-refractivity contribution in [2.24, 2.45) is 11.1 Å². The van der Waals surface area contributed by atoms with Crippen LogP contribution in [0.2, 0.25) is 0 Å². The van der Waals surface area contributed by atoms with E-state index in [9.17, 15) is 0 Å². The lowest BCUT2D eigenvalue weighted by Crippen LogP contribution is -1.89. The predicted octanol–water partition coefficient (Wildman–Crippen LogP) is 0.778. The second kappa shape index (κ2) is 4.13. The van der Waals surface area contributed by atoms with Crippen molar-refractivity contribution in [3.63, 3.8) is 0 Å². The molecule has 0 rings (SSSR count). The lowest BCUT2D eigenvalue weighted by Gasteiger charge is -1.86. The summed E-state index contributed by atoms with van der Waals surface area (Å²) >= 11 is 0. The van der Waals surface area contributed by atoms with Gasteiger partial charge in [-0.3, -0.25) is 0 Å². The molecule has 0 N–H and O–H groups in total. The van der Waals surface area contributed by atoms with Gasteiger partial charge in [-0.2, -0.15) is 5.26 Å². The molecular weight excluding hydrogens is 104 g/mol. The Labute approximate surface area is 48.6 Å². The first-order valence-electron chi connectivity index (χ1n) is 2.27. The first-order chi connectivity index (χ1) is 3.81. The fourth-order valence-corrected chi connectivity index (χ4v) is 0.185. The first-order valence-corrected chi connectivity index (χ1v) is 2.27. The van der Waals surface area contributed by atoms with Crippen LogP contribution in [0, 0.1) is 17.2 Å². The van der Waals surface area contributed by atoms with E-state index < -0.39 is 0 Å². The Morgan fingerprint density at radius 2 is 2.50 bits per heavy atom. The number of nitriles is 1. The topological polar surface area (TPSA) is 45.4 Å². The highest BCUT2D eigenvalue weighted by Gasteiger charge is 1.89. The molecule has 8 heavy (non-hydrogen) atoms. The van der Waals surface area contributed by atoms with Crippen LogP contribution < -0.4 is 0 Å². The highest BCUT2D eigenvalue weighted by atomic mass is 16.6. The molecule has 0 amide bonds. The van der Waals surface area contributed by atoms with Crippen LogP contribution in [0.4, 0.5) is 0 Å². The van der Waals surface area contributed by atoms with Crippen LogP contribution in [0.3, 0.4) is 0 Å².